The van der Waals surface area contributed by atoms with Gasteiger partial charge in [0.2, 0.25) is 0 Å². The predicted molar refractivity (Wildman–Crippen MR) is 130 cm³/mol. The van der Waals surface area contributed by atoms with Crippen molar-refractivity contribution in [1.29, 1.82) is 0 Å². The molecule has 0 aliphatic heterocycles. The van der Waals surface area contributed by atoms with E-state index in [2.05, 4.69) is 34.6 Å². The van der Waals surface area contributed by atoms with Crippen LogP contribution in [-0.2, 0) is 4.79 Å². The lowest BCUT2D eigenvalue weighted by atomic mass is 9.41. The molecule has 0 spiro atoms. The molecule has 0 N–H and O–H groups in total. The van der Waals surface area contributed by atoms with Gasteiger partial charge in [-0.2, -0.15) is 0 Å². The Morgan fingerprint density at radius 1 is 0.935 bits per heavy atom. The molecule has 0 heterocycles. The van der Waals surface area contributed by atoms with Gasteiger partial charge in [0.25, 0.3) is 0 Å². The zero-order valence-corrected chi connectivity index (χ0v) is 21.6. The fourth-order valence-electron chi connectivity index (χ4n) is 10.3. The van der Waals surface area contributed by atoms with E-state index in [1.54, 1.807) is 0 Å². The summed E-state index contributed by atoms with van der Waals surface area (Å²) in [6, 6.07) is 0. The van der Waals surface area contributed by atoms with Crippen LogP contribution in [-0.4, -0.2) is 11.2 Å². The van der Waals surface area contributed by atoms with Gasteiger partial charge in [0, 0.05) is 5.92 Å². The van der Waals surface area contributed by atoms with Crippen molar-refractivity contribution in [2.24, 2.45) is 64.1 Å². The number of rotatable bonds is 5. The first-order chi connectivity index (χ1) is 14.7. The molecule has 31 heavy (non-hydrogen) atoms. The number of carbonyl (C=O) groups is 1. The molecule has 5 aliphatic carbocycles. The van der Waals surface area contributed by atoms with Crippen molar-refractivity contribution in [2.75, 3.05) is 0 Å². The van der Waals surface area contributed by atoms with Crippen LogP contribution >= 0.6 is 11.6 Å². The van der Waals surface area contributed by atoms with Crippen molar-refractivity contribution in [3.63, 3.8) is 0 Å². The zero-order valence-electron chi connectivity index (χ0n) is 20.8. The third-order valence-electron chi connectivity index (χ3n) is 12.0. The van der Waals surface area contributed by atoms with Gasteiger partial charge in [-0.25, -0.2) is 0 Å². The summed E-state index contributed by atoms with van der Waals surface area (Å²) in [5.41, 5.74) is 1.03. The highest BCUT2D eigenvalue weighted by atomic mass is 35.5. The lowest BCUT2D eigenvalue weighted by Gasteiger charge is -2.64. The maximum absolute atomic E-state index is 12.3. The monoisotopic (exact) mass is 446 g/mol. The second kappa shape index (κ2) is 8.02. The third kappa shape index (κ3) is 3.40. The minimum atomic E-state index is -0.167. The molecule has 1 nitrogen and oxygen atoms in total. The number of hydrogen-bond donors (Lipinski definition) is 0. The topological polar surface area (TPSA) is 17.1 Å². The van der Waals surface area contributed by atoms with Gasteiger partial charge in [0.05, 0.1) is 5.38 Å². The number of ketones is 1. The molecule has 2 heteroatoms. The molecule has 0 saturated heterocycles. The molecule has 0 radical (unpaired) electrons. The Labute approximate surface area is 196 Å². The van der Waals surface area contributed by atoms with Gasteiger partial charge in [-0.05, 0) is 110 Å². The largest absolute Gasteiger partial charge is 0.298 e. The third-order valence-corrected chi connectivity index (χ3v) is 12.5. The summed E-state index contributed by atoms with van der Waals surface area (Å²) in [6.45, 7) is 12.7. The SMILES string of the molecule is CC(C)CCC[C@@H](C)[C@H]1CC[C@H]2[C@@H]3CCC4C[C@@H]5C(=O)[C@H](Cl)[C@@H]5C[C@]4(C)[C@H]3CC[C@]12C. The number of carbonyl (C=O) groups excluding carboxylic acids is 1. The Kier molecular flexibility index (Phi) is 5.89. The maximum atomic E-state index is 12.3. The van der Waals surface area contributed by atoms with Crippen LogP contribution in [0.15, 0.2) is 0 Å². The second-order valence-electron chi connectivity index (χ2n) is 13.7. The van der Waals surface area contributed by atoms with E-state index in [4.69, 9.17) is 11.6 Å². The summed E-state index contributed by atoms with van der Waals surface area (Å²) in [4.78, 5) is 12.3. The van der Waals surface area contributed by atoms with Crippen molar-refractivity contribution in [3.05, 3.63) is 0 Å². The summed E-state index contributed by atoms with van der Waals surface area (Å²) in [5.74, 6) is 7.42. The van der Waals surface area contributed by atoms with Crippen molar-refractivity contribution < 1.29 is 4.79 Å². The number of halogens is 1. The summed E-state index contributed by atoms with van der Waals surface area (Å²) in [5, 5.41) is -0.167. The molecule has 0 aromatic carbocycles. The zero-order chi connectivity index (χ0) is 22.1. The molecule has 11 atom stereocenters. The highest BCUT2D eigenvalue weighted by Gasteiger charge is 2.64. The van der Waals surface area contributed by atoms with E-state index in [0.29, 0.717) is 28.4 Å². The number of Topliss-reactive ketones (excluding diaryl/α,β-unsaturated/α-hetero) is 1. The first-order valence-electron chi connectivity index (χ1n) is 13.8. The number of hydrogen-bond acceptors (Lipinski definition) is 1. The van der Waals surface area contributed by atoms with Crippen molar-refractivity contribution in [2.45, 2.75) is 111 Å². The highest BCUT2D eigenvalue weighted by molar-refractivity contribution is 6.34. The van der Waals surface area contributed by atoms with Gasteiger partial charge in [0.1, 0.15) is 0 Å². The Morgan fingerprint density at radius 2 is 1.68 bits per heavy atom. The normalized spacial score (nSPS) is 52.0. The van der Waals surface area contributed by atoms with Crippen LogP contribution in [0.2, 0.25) is 0 Å². The van der Waals surface area contributed by atoms with Crippen LogP contribution in [0.4, 0.5) is 0 Å². The lowest BCUT2D eigenvalue weighted by Crippen LogP contribution is -2.61. The number of fused-ring (bicyclic) bond motifs is 6. The first-order valence-corrected chi connectivity index (χ1v) is 14.3. The molecule has 5 aliphatic rings. The van der Waals surface area contributed by atoms with Crippen molar-refractivity contribution in [1.82, 2.24) is 0 Å². The van der Waals surface area contributed by atoms with E-state index in [0.717, 1.165) is 47.8 Å². The maximum Gasteiger partial charge on any atom is 0.154 e. The molecule has 0 aromatic heterocycles. The fourth-order valence-corrected chi connectivity index (χ4v) is 10.8. The minimum absolute atomic E-state index is 0.167. The average Bonchev–Trinajstić information content (AvgIpc) is 3.09. The molecule has 5 rings (SSSR count). The van der Waals surface area contributed by atoms with Crippen LogP contribution in [0, 0.1) is 64.1 Å². The van der Waals surface area contributed by atoms with E-state index >= 15 is 0 Å². The minimum Gasteiger partial charge on any atom is -0.298 e. The molecular weight excluding hydrogens is 400 g/mol. The number of alkyl halides is 1. The molecule has 5 fully saturated rings. The van der Waals surface area contributed by atoms with Gasteiger partial charge in [-0.15, -0.1) is 11.6 Å². The van der Waals surface area contributed by atoms with E-state index in [1.807, 2.05) is 0 Å². The molecular formula is C29H47ClO. The van der Waals surface area contributed by atoms with E-state index in [9.17, 15) is 4.79 Å². The van der Waals surface area contributed by atoms with Crippen LogP contribution < -0.4 is 0 Å². The smallest absolute Gasteiger partial charge is 0.154 e. The quantitative estimate of drug-likeness (QED) is 0.389. The Balaban J connectivity index is 1.30. The van der Waals surface area contributed by atoms with Crippen LogP contribution in [0.3, 0.4) is 0 Å². The Hall–Kier alpha value is -0.0400. The average molecular weight is 447 g/mol. The first kappa shape index (κ1) is 22.7. The van der Waals surface area contributed by atoms with Gasteiger partial charge in [-0.1, -0.05) is 53.9 Å². The molecule has 5 saturated carbocycles. The summed E-state index contributed by atoms with van der Waals surface area (Å²) >= 11 is 6.52. The lowest BCUT2D eigenvalue weighted by molar-refractivity contribution is -0.161. The standard InChI is InChI=1S/C29H47ClO/c1-17(2)7-6-8-18(3)23-11-12-24-20-10-9-19-15-21-22(26(30)27(21)31)16-29(19,5)25(20)13-14-28(23,24)4/h17-26H,6-16H2,1-5H3/t18-,19?,20+,21+,22-,23-,24+,25+,26-,28-,29+/m1/s1. The van der Waals surface area contributed by atoms with Gasteiger partial charge >= 0.3 is 0 Å². The second-order valence-corrected chi connectivity index (χ2v) is 14.2. The van der Waals surface area contributed by atoms with E-state index < -0.39 is 0 Å². The molecule has 0 aromatic rings. The summed E-state index contributed by atoms with van der Waals surface area (Å²) in [7, 11) is 0. The van der Waals surface area contributed by atoms with E-state index in [1.165, 1.54) is 64.2 Å². The van der Waals surface area contributed by atoms with Crippen LogP contribution in [0.25, 0.3) is 0 Å². The molecule has 1 unspecified atom stereocenters. The summed E-state index contributed by atoms with van der Waals surface area (Å²) < 4.78 is 0. The highest BCUT2D eigenvalue weighted by Crippen LogP contribution is 2.70. The van der Waals surface area contributed by atoms with Gasteiger partial charge in [0.15, 0.2) is 5.78 Å². The molecule has 0 amide bonds. The Bertz CT molecular complexity index is 701. The van der Waals surface area contributed by atoms with E-state index in [-0.39, 0.29) is 5.38 Å². The predicted octanol–water partition coefficient (Wildman–Crippen LogP) is 8.14. The summed E-state index contributed by atoms with van der Waals surface area (Å²) in [6.07, 6.45) is 15.3. The molecule has 0 bridgehead atoms. The van der Waals surface area contributed by atoms with Crippen molar-refractivity contribution >= 4 is 17.4 Å². The van der Waals surface area contributed by atoms with Crippen LogP contribution in [0.1, 0.15) is 105 Å². The van der Waals surface area contributed by atoms with Gasteiger partial charge in [-0.3, -0.25) is 4.79 Å². The molecule has 176 valence electrons. The van der Waals surface area contributed by atoms with Crippen LogP contribution in [0.5, 0.6) is 0 Å². The fraction of sp³-hybridized carbons (Fsp3) is 0.966. The van der Waals surface area contributed by atoms with Crippen molar-refractivity contribution in [3.8, 4) is 0 Å². The Morgan fingerprint density at radius 3 is 2.42 bits per heavy atom. The van der Waals surface area contributed by atoms with Gasteiger partial charge < -0.3 is 0 Å².